The van der Waals surface area contributed by atoms with Crippen molar-refractivity contribution in [1.82, 2.24) is 5.32 Å². The van der Waals surface area contributed by atoms with Crippen LogP contribution in [0.1, 0.15) is 20.7 Å². The second kappa shape index (κ2) is 15.2. The Bertz CT molecular complexity index is 2160. The summed E-state index contributed by atoms with van der Waals surface area (Å²) in [4.78, 5) is 26.4. The Morgan fingerprint density at radius 1 is 0.720 bits per heavy atom. The SMILES string of the molecule is CNC(=O)c1ccccc1.COc1cc2c(-c3ccc(-c4ccccc4)cc3)ccc(N(C)C(=O)c3c(Br)ccc4c3OCO4)c2cc1OC. The van der Waals surface area contributed by atoms with E-state index in [1.54, 1.807) is 57.5 Å². The van der Waals surface area contributed by atoms with Crippen LogP contribution >= 0.6 is 15.9 Å². The molecule has 2 amide bonds. The smallest absolute Gasteiger partial charge is 0.263 e. The van der Waals surface area contributed by atoms with Gasteiger partial charge in [-0.15, -0.1) is 0 Å². The predicted molar refractivity (Wildman–Crippen MR) is 201 cm³/mol. The summed E-state index contributed by atoms with van der Waals surface area (Å²) < 4.78 is 23.1. The van der Waals surface area contributed by atoms with Gasteiger partial charge in [0, 0.05) is 29.5 Å². The van der Waals surface area contributed by atoms with Gasteiger partial charge in [-0.25, -0.2) is 0 Å². The minimum absolute atomic E-state index is 0.0411. The van der Waals surface area contributed by atoms with Gasteiger partial charge in [0.1, 0.15) is 5.56 Å². The maximum absolute atomic E-state index is 13.9. The second-order valence-corrected chi connectivity index (χ2v) is 12.1. The second-order valence-electron chi connectivity index (χ2n) is 11.3. The molecule has 0 saturated heterocycles. The number of hydrogen-bond acceptors (Lipinski definition) is 6. The van der Waals surface area contributed by atoms with Crippen molar-refractivity contribution in [3.8, 4) is 45.3 Å². The lowest BCUT2D eigenvalue weighted by Gasteiger charge is -2.23. The first-order valence-corrected chi connectivity index (χ1v) is 16.6. The van der Waals surface area contributed by atoms with Crippen LogP contribution in [0.25, 0.3) is 33.0 Å². The van der Waals surface area contributed by atoms with E-state index in [-0.39, 0.29) is 18.6 Å². The average Bonchev–Trinajstić information content (AvgIpc) is 3.66. The van der Waals surface area contributed by atoms with Crippen LogP contribution in [0.5, 0.6) is 23.0 Å². The minimum Gasteiger partial charge on any atom is -0.493 e. The van der Waals surface area contributed by atoms with Crippen molar-refractivity contribution in [2.24, 2.45) is 0 Å². The molecular weight excluding hydrogens is 696 g/mol. The van der Waals surface area contributed by atoms with E-state index in [1.807, 2.05) is 60.7 Å². The van der Waals surface area contributed by atoms with Gasteiger partial charge in [0.15, 0.2) is 23.0 Å². The van der Waals surface area contributed by atoms with Crippen LogP contribution in [0.15, 0.2) is 126 Å². The first-order chi connectivity index (χ1) is 24.3. The monoisotopic (exact) mass is 730 g/mol. The first-order valence-electron chi connectivity index (χ1n) is 15.8. The molecule has 6 aromatic rings. The minimum atomic E-state index is -0.231. The van der Waals surface area contributed by atoms with Crippen LogP contribution < -0.4 is 29.2 Å². The highest BCUT2D eigenvalue weighted by Gasteiger charge is 2.28. The van der Waals surface area contributed by atoms with Crippen LogP contribution in [0.2, 0.25) is 0 Å². The van der Waals surface area contributed by atoms with Crippen molar-refractivity contribution in [3.63, 3.8) is 0 Å². The Labute approximate surface area is 299 Å². The molecule has 8 nitrogen and oxygen atoms in total. The largest absolute Gasteiger partial charge is 0.493 e. The number of halogens is 1. The number of ether oxygens (including phenoxy) is 4. The van der Waals surface area contributed by atoms with Gasteiger partial charge in [0.25, 0.3) is 11.8 Å². The van der Waals surface area contributed by atoms with Gasteiger partial charge in [-0.2, -0.15) is 0 Å². The number of amides is 2. The lowest BCUT2D eigenvalue weighted by molar-refractivity contribution is 0.0960. The summed E-state index contributed by atoms with van der Waals surface area (Å²) in [6.07, 6.45) is 0. The number of carbonyl (C=O) groups is 2. The number of rotatable bonds is 7. The number of hydrogen-bond donors (Lipinski definition) is 1. The van der Waals surface area contributed by atoms with E-state index in [4.69, 9.17) is 18.9 Å². The summed E-state index contributed by atoms with van der Waals surface area (Å²) in [7, 11) is 6.60. The molecule has 1 aliphatic heterocycles. The van der Waals surface area contributed by atoms with E-state index in [1.165, 1.54) is 0 Å². The average molecular weight is 732 g/mol. The zero-order valence-electron chi connectivity index (χ0n) is 28.0. The maximum Gasteiger partial charge on any atom is 0.263 e. The number of benzene rings is 6. The molecule has 0 atom stereocenters. The van der Waals surface area contributed by atoms with Crippen LogP contribution in [0, 0.1) is 0 Å². The van der Waals surface area contributed by atoms with E-state index < -0.39 is 0 Å². The lowest BCUT2D eigenvalue weighted by atomic mass is 9.94. The molecule has 0 aliphatic carbocycles. The van der Waals surface area contributed by atoms with Gasteiger partial charge in [0.2, 0.25) is 6.79 Å². The molecule has 252 valence electrons. The highest BCUT2D eigenvalue weighted by molar-refractivity contribution is 9.10. The molecule has 0 spiro atoms. The summed E-state index contributed by atoms with van der Waals surface area (Å²) in [5.41, 5.74) is 6.19. The van der Waals surface area contributed by atoms with Crippen molar-refractivity contribution in [2.75, 3.05) is 40.0 Å². The normalized spacial score (nSPS) is 11.3. The molecule has 0 bridgehead atoms. The molecule has 1 aliphatic rings. The first kappa shape index (κ1) is 34.1. The Kier molecular flexibility index (Phi) is 10.3. The van der Waals surface area contributed by atoms with E-state index in [2.05, 4.69) is 57.6 Å². The van der Waals surface area contributed by atoms with Crippen molar-refractivity contribution >= 4 is 44.2 Å². The summed E-state index contributed by atoms with van der Waals surface area (Å²) in [5, 5.41) is 4.32. The van der Waals surface area contributed by atoms with Gasteiger partial charge in [-0.3, -0.25) is 9.59 Å². The molecule has 0 saturated carbocycles. The Hall–Kier alpha value is -5.80. The zero-order valence-corrected chi connectivity index (χ0v) is 29.6. The van der Waals surface area contributed by atoms with Gasteiger partial charge >= 0.3 is 0 Å². The van der Waals surface area contributed by atoms with E-state index in [0.717, 1.165) is 33.0 Å². The van der Waals surface area contributed by atoms with E-state index in [0.29, 0.717) is 44.3 Å². The summed E-state index contributed by atoms with van der Waals surface area (Å²) in [6, 6.07) is 39.3. The van der Waals surface area contributed by atoms with Crippen LogP contribution in [-0.4, -0.2) is 46.9 Å². The fourth-order valence-electron chi connectivity index (χ4n) is 5.83. The molecule has 6 aromatic carbocycles. The van der Waals surface area contributed by atoms with Crippen molar-refractivity contribution in [2.45, 2.75) is 0 Å². The molecule has 1 N–H and O–H groups in total. The fourth-order valence-corrected chi connectivity index (χ4v) is 6.31. The highest BCUT2D eigenvalue weighted by Crippen LogP contribution is 2.44. The molecule has 0 radical (unpaired) electrons. The number of methoxy groups -OCH3 is 2. The molecule has 1 heterocycles. The van der Waals surface area contributed by atoms with Crippen molar-refractivity contribution in [3.05, 3.63) is 137 Å². The molecule has 50 heavy (non-hydrogen) atoms. The number of nitrogens with one attached hydrogen (secondary N) is 1. The predicted octanol–water partition coefficient (Wildman–Crippen LogP) is 9.01. The topological polar surface area (TPSA) is 86.3 Å². The Morgan fingerprint density at radius 3 is 1.96 bits per heavy atom. The molecule has 0 fully saturated rings. The molecule has 9 heteroatoms. The molecular formula is C41H35BrN2O6. The number of nitrogens with zero attached hydrogens (tertiary/aromatic N) is 1. The van der Waals surface area contributed by atoms with Crippen LogP contribution in [0.4, 0.5) is 5.69 Å². The summed E-state index contributed by atoms with van der Waals surface area (Å²) in [6.45, 7) is 0.0768. The van der Waals surface area contributed by atoms with Crippen LogP contribution in [0.3, 0.4) is 0 Å². The zero-order chi connectivity index (χ0) is 35.2. The highest BCUT2D eigenvalue weighted by atomic mass is 79.9. The van der Waals surface area contributed by atoms with Crippen LogP contribution in [-0.2, 0) is 0 Å². The third-order valence-corrected chi connectivity index (χ3v) is 9.09. The van der Waals surface area contributed by atoms with E-state index >= 15 is 0 Å². The molecule has 0 aromatic heterocycles. The Morgan fingerprint density at radius 2 is 1.32 bits per heavy atom. The maximum atomic E-state index is 13.9. The molecule has 0 unspecified atom stereocenters. The standard InChI is InChI=1S/C33H26BrNO5.C8H9NO/c1-35(33(36)31-26(34)14-16-28-32(31)40-19-39-28)27-15-13-23(24-17-29(37-2)30(38-3)18-25(24)27)22-11-9-21(10-12-22)20-7-5-4-6-8-20;1-9-8(10)7-5-3-2-4-6-7/h4-18H,19H2,1-3H3;2-6H,1H3,(H,9,10). The van der Waals surface area contributed by atoms with Crippen molar-refractivity contribution in [1.29, 1.82) is 0 Å². The summed E-state index contributed by atoms with van der Waals surface area (Å²) >= 11 is 3.53. The van der Waals surface area contributed by atoms with Gasteiger partial charge in [-0.05, 0) is 86.0 Å². The number of anilines is 1. The number of fused-ring (bicyclic) bond motifs is 2. The van der Waals surface area contributed by atoms with E-state index in [9.17, 15) is 9.59 Å². The summed E-state index contributed by atoms with van der Waals surface area (Å²) in [5.74, 6) is 1.89. The van der Waals surface area contributed by atoms with Gasteiger partial charge in [-0.1, -0.05) is 78.9 Å². The molecule has 7 rings (SSSR count). The third-order valence-electron chi connectivity index (χ3n) is 8.43. The van der Waals surface area contributed by atoms with Gasteiger partial charge < -0.3 is 29.2 Å². The fraction of sp³-hybridized carbons (Fsp3) is 0.122. The number of carbonyl (C=O) groups excluding carboxylic acids is 2. The Balaban J connectivity index is 0.000000373. The lowest BCUT2D eigenvalue weighted by Crippen LogP contribution is -2.27. The van der Waals surface area contributed by atoms with Crippen molar-refractivity contribution < 1.29 is 28.5 Å². The van der Waals surface area contributed by atoms with Gasteiger partial charge in [0.05, 0.1) is 19.9 Å². The third kappa shape index (κ3) is 6.86. The quantitative estimate of drug-likeness (QED) is 0.177.